The molecule has 1 saturated heterocycles. The molecule has 0 radical (unpaired) electrons. The zero-order valence-corrected chi connectivity index (χ0v) is 25.2. The van der Waals surface area contributed by atoms with E-state index in [9.17, 15) is 20.0 Å². The maximum atomic E-state index is 13.7. The molecule has 2 aliphatic rings. The first-order valence-corrected chi connectivity index (χ1v) is 14.7. The van der Waals surface area contributed by atoms with Crippen LogP contribution in [0.4, 0.5) is 5.82 Å². The molecule has 5 rings (SSSR count). The summed E-state index contributed by atoms with van der Waals surface area (Å²) in [7, 11) is 1.63. The van der Waals surface area contributed by atoms with Gasteiger partial charge in [-0.1, -0.05) is 24.3 Å². The number of rotatable bonds is 11. The molecule has 0 amide bonds. The summed E-state index contributed by atoms with van der Waals surface area (Å²) in [6.07, 6.45) is 7.96. The zero-order chi connectivity index (χ0) is 31.4. The van der Waals surface area contributed by atoms with Crippen molar-refractivity contribution in [2.45, 2.75) is 69.9 Å². The highest BCUT2D eigenvalue weighted by Gasteiger charge is 2.41. The van der Waals surface area contributed by atoms with Crippen LogP contribution in [0.3, 0.4) is 0 Å². The van der Waals surface area contributed by atoms with E-state index in [-0.39, 0.29) is 37.0 Å². The molecule has 44 heavy (non-hydrogen) atoms. The first-order valence-electron chi connectivity index (χ1n) is 14.7. The molecule has 4 heterocycles. The predicted octanol–water partition coefficient (Wildman–Crippen LogP) is 3.23. The highest BCUT2D eigenvalue weighted by molar-refractivity contribution is 5.86. The molecule has 12 heteroatoms. The first-order chi connectivity index (χ1) is 21.2. The lowest BCUT2D eigenvalue weighted by Crippen LogP contribution is -2.59. The Kier molecular flexibility index (Phi) is 9.04. The Balaban J connectivity index is 1.37. The van der Waals surface area contributed by atoms with Crippen molar-refractivity contribution in [3.63, 3.8) is 0 Å². The number of aromatic nitrogens is 3. The van der Waals surface area contributed by atoms with Gasteiger partial charge in [0, 0.05) is 45.1 Å². The summed E-state index contributed by atoms with van der Waals surface area (Å²) in [5, 5.41) is 27.3. The van der Waals surface area contributed by atoms with E-state index in [1.807, 2.05) is 30.9 Å². The lowest BCUT2D eigenvalue weighted by atomic mass is 9.98. The molecule has 2 aromatic heterocycles. The number of piperazine rings is 1. The number of nitrogens with zero attached hydrogens (tertiary/aromatic N) is 8. The topological polar surface area (TPSA) is 149 Å². The summed E-state index contributed by atoms with van der Waals surface area (Å²) >= 11 is 0. The summed E-state index contributed by atoms with van der Waals surface area (Å²) < 4.78 is 7.26. The second kappa shape index (κ2) is 12.9. The van der Waals surface area contributed by atoms with Crippen molar-refractivity contribution in [2.24, 2.45) is 17.3 Å². The first kappa shape index (κ1) is 30.8. The number of terminal acetylenes is 1. The number of esters is 1. The normalized spacial score (nSPS) is 19.7. The van der Waals surface area contributed by atoms with Crippen LogP contribution in [0.25, 0.3) is 11.0 Å². The van der Waals surface area contributed by atoms with Gasteiger partial charge in [-0.15, -0.1) is 12.3 Å². The van der Waals surface area contributed by atoms with E-state index in [4.69, 9.17) is 11.2 Å². The summed E-state index contributed by atoms with van der Waals surface area (Å²) in [6, 6.07) is 11.7. The van der Waals surface area contributed by atoms with E-state index in [1.165, 1.54) is 4.57 Å². The van der Waals surface area contributed by atoms with Crippen molar-refractivity contribution in [1.29, 1.82) is 5.26 Å². The van der Waals surface area contributed by atoms with Gasteiger partial charge in [-0.05, 0) is 49.9 Å². The number of aliphatic hydroxyl groups is 1. The van der Waals surface area contributed by atoms with Crippen LogP contribution in [0.15, 0.2) is 51.4 Å². The number of carbonyl (C=O) groups excluding carboxylic acids is 1. The van der Waals surface area contributed by atoms with Crippen LogP contribution in [0.5, 0.6) is 0 Å². The quantitative estimate of drug-likeness (QED) is 0.200. The number of ether oxygens (including phenoxy) is 1. The fraction of sp³-hybridized carbons (Fsp3) is 0.469. The molecule has 0 bridgehead atoms. The summed E-state index contributed by atoms with van der Waals surface area (Å²) in [5.41, 5.74) is 1.95. The van der Waals surface area contributed by atoms with Gasteiger partial charge in [-0.2, -0.15) is 20.5 Å². The summed E-state index contributed by atoms with van der Waals surface area (Å²) in [6.45, 7) is 5.07. The average molecular weight is 597 g/mol. The van der Waals surface area contributed by atoms with Crippen LogP contribution in [0, 0.1) is 23.7 Å². The molecule has 1 N–H and O–H groups in total. The number of hydrogen-bond donors (Lipinski definition) is 1. The Morgan fingerprint density at radius 1 is 1.14 bits per heavy atom. The fourth-order valence-electron chi connectivity index (χ4n) is 5.82. The number of aryl methyl sites for hydroxylation is 1. The number of nitriles is 1. The molecule has 1 unspecified atom stereocenters. The van der Waals surface area contributed by atoms with E-state index in [2.05, 4.69) is 37.1 Å². The maximum Gasteiger partial charge on any atom is 0.349 e. The highest BCUT2D eigenvalue weighted by atomic mass is 16.5. The molecule has 1 fully saturated rings. The SMILES string of the molecule is C#CCCC1(CCCOC(=O)C(c2ccc(CO)cc2)N2C[C@H](C)N(c3nc(=O)n(C)c4ccc(C#N)nc34)C[C@H]2C)N=N1. The molecule has 1 aromatic carbocycles. The van der Waals surface area contributed by atoms with Gasteiger partial charge < -0.3 is 14.7 Å². The zero-order valence-electron chi connectivity index (χ0n) is 25.2. The third-order valence-corrected chi connectivity index (χ3v) is 8.41. The van der Waals surface area contributed by atoms with Gasteiger partial charge in [-0.3, -0.25) is 9.47 Å². The van der Waals surface area contributed by atoms with Crippen LogP contribution in [0.2, 0.25) is 0 Å². The predicted molar refractivity (Wildman–Crippen MR) is 163 cm³/mol. The molecule has 0 spiro atoms. The molecule has 228 valence electrons. The third kappa shape index (κ3) is 6.32. The number of benzene rings is 1. The molecule has 12 nitrogen and oxygen atoms in total. The summed E-state index contributed by atoms with van der Waals surface area (Å²) in [4.78, 5) is 39.5. The number of carbonyl (C=O) groups is 1. The van der Waals surface area contributed by atoms with E-state index >= 15 is 0 Å². The Labute approximate surface area is 256 Å². The highest BCUT2D eigenvalue weighted by Crippen LogP contribution is 2.38. The van der Waals surface area contributed by atoms with Crippen molar-refractivity contribution in [1.82, 2.24) is 19.4 Å². The number of hydrogen-bond acceptors (Lipinski definition) is 11. The van der Waals surface area contributed by atoms with Gasteiger partial charge in [0.2, 0.25) is 0 Å². The largest absolute Gasteiger partial charge is 0.464 e. The molecule has 3 atom stereocenters. The monoisotopic (exact) mass is 596 g/mol. The lowest BCUT2D eigenvalue weighted by Gasteiger charge is -2.47. The lowest BCUT2D eigenvalue weighted by molar-refractivity contribution is -0.152. The second-order valence-electron chi connectivity index (χ2n) is 11.5. The van der Waals surface area contributed by atoms with Gasteiger partial charge in [0.1, 0.15) is 23.3 Å². The maximum absolute atomic E-state index is 13.7. The van der Waals surface area contributed by atoms with Gasteiger partial charge in [0.25, 0.3) is 0 Å². The Hall–Kier alpha value is -4.65. The minimum absolute atomic E-state index is 0.0991. The minimum atomic E-state index is -0.690. The number of fused-ring (bicyclic) bond motifs is 1. The molecule has 0 saturated carbocycles. The number of pyridine rings is 1. The van der Waals surface area contributed by atoms with Crippen LogP contribution in [0.1, 0.15) is 62.4 Å². The van der Waals surface area contributed by atoms with Crippen LogP contribution in [-0.2, 0) is 23.2 Å². The average Bonchev–Trinajstić information content (AvgIpc) is 3.81. The number of anilines is 1. The Morgan fingerprint density at radius 3 is 2.55 bits per heavy atom. The van der Waals surface area contributed by atoms with E-state index < -0.39 is 17.4 Å². The van der Waals surface area contributed by atoms with Crippen LogP contribution < -0.4 is 10.6 Å². The second-order valence-corrected chi connectivity index (χ2v) is 11.5. The van der Waals surface area contributed by atoms with Crippen LogP contribution in [-0.4, -0.2) is 68.0 Å². The van der Waals surface area contributed by atoms with Crippen molar-refractivity contribution in [3.8, 4) is 18.4 Å². The number of aliphatic hydroxyl groups excluding tert-OH is 1. The van der Waals surface area contributed by atoms with Gasteiger partial charge in [0.15, 0.2) is 11.5 Å². The van der Waals surface area contributed by atoms with E-state index in [0.717, 1.165) is 11.1 Å². The smallest absolute Gasteiger partial charge is 0.349 e. The van der Waals surface area contributed by atoms with Gasteiger partial charge >= 0.3 is 11.7 Å². The fourth-order valence-corrected chi connectivity index (χ4v) is 5.82. The standard InChI is InChI=1S/C32H36N8O4/c1-5-6-14-32(36-37-32)15-7-16-44-30(42)28(24-10-8-23(20-41)9-11-24)39-18-22(3)40(19-21(39)2)29-27-26(38(4)31(43)35-29)13-12-25(17-33)34-27/h1,8-13,21-22,28,41H,6-7,14-16,18-20H2,2-4H3/t21-,22+,28?/m1/s1. The van der Waals surface area contributed by atoms with E-state index in [1.54, 1.807) is 31.3 Å². The van der Waals surface area contributed by atoms with Crippen molar-refractivity contribution in [3.05, 3.63) is 63.7 Å². The van der Waals surface area contributed by atoms with Crippen molar-refractivity contribution in [2.75, 3.05) is 24.6 Å². The minimum Gasteiger partial charge on any atom is -0.464 e. The molecular weight excluding hydrogens is 560 g/mol. The molecule has 0 aliphatic carbocycles. The van der Waals surface area contributed by atoms with Crippen molar-refractivity contribution >= 4 is 22.8 Å². The molecule has 3 aromatic rings. The summed E-state index contributed by atoms with van der Waals surface area (Å²) in [5.74, 6) is 2.67. The molecule has 2 aliphatic heterocycles. The Morgan fingerprint density at radius 2 is 1.89 bits per heavy atom. The third-order valence-electron chi connectivity index (χ3n) is 8.41. The van der Waals surface area contributed by atoms with Crippen LogP contribution >= 0.6 is 0 Å². The van der Waals surface area contributed by atoms with Crippen molar-refractivity contribution < 1.29 is 14.6 Å². The molecular formula is C32H36N8O4. The Bertz CT molecular complexity index is 1700. The van der Waals surface area contributed by atoms with E-state index in [0.29, 0.717) is 55.6 Å². The van der Waals surface area contributed by atoms with Gasteiger partial charge in [-0.25, -0.2) is 14.6 Å². The van der Waals surface area contributed by atoms with Gasteiger partial charge in [0.05, 0.1) is 18.7 Å².